The van der Waals surface area contributed by atoms with Gasteiger partial charge in [0.25, 0.3) is 0 Å². The van der Waals surface area contributed by atoms with E-state index in [-0.39, 0.29) is 19.0 Å². The van der Waals surface area contributed by atoms with E-state index < -0.39 is 18.8 Å². The van der Waals surface area contributed by atoms with Crippen LogP contribution in [0.3, 0.4) is 0 Å². The van der Waals surface area contributed by atoms with Crippen LogP contribution in [0, 0.1) is 0 Å². The number of amides is 1. The van der Waals surface area contributed by atoms with Crippen LogP contribution >= 0.6 is 0 Å². The topological polar surface area (TPSA) is 61.4 Å². The van der Waals surface area contributed by atoms with Crippen molar-refractivity contribution in [2.45, 2.75) is 19.2 Å². The average Bonchev–Trinajstić information content (AvgIpc) is 1.98. The van der Waals surface area contributed by atoms with E-state index in [4.69, 9.17) is 5.11 Å². The molecule has 14 heavy (non-hydrogen) atoms. The Bertz CT molecular complexity index is 184. The fourth-order valence-electron chi connectivity index (χ4n) is 0.714. The van der Waals surface area contributed by atoms with E-state index in [9.17, 15) is 18.0 Å². The first-order valence-corrected chi connectivity index (χ1v) is 4.01. The Morgan fingerprint density at radius 1 is 1.43 bits per heavy atom. The maximum absolute atomic E-state index is 11.6. The molecule has 0 rings (SSSR count). The zero-order valence-electron chi connectivity index (χ0n) is 7.69. The van der Waals surface area contributed by atoms with E-state index in [1.165, 1.54) is 6.92 Å². The fraction of sp³-hybridized carbons (Fsp3) is 0.857. The molecular formula is C7H13F3N2O2. The lowest BCUT2D eigenvalue weighted by Gasteiger charge is -2.13. The molecule has 3 N–H and O–H groups in total. The Morgan fingerprint density at radius 3 is 2.43 bits per heavy atom. The molecule has 0 aromatic rings. The highest BCUT2D eigenvalue weighted by Crippen LogP contribution is 2.11. The van der Waals surface area contributed by atoms with Crippen molar-refractivity contribution in [2.75, 3.05) is 19.6 Å². The maximum Gasteiger partial charge on any atom is 0.401 e. The lowest BCUT2D eigenvalue weighted by atomic mass is 10.3. The molecule has 0 saturated carbocycles. The number of halogens is 3. The van der Waals surface area contributed by atoms with Gasteiger partial charge in [0.15, 0.2) is 0 Å². The van der Waals surface area contributed by atoms with Crippen LogP contribution < -0.4 is 10.6 Å². The Hall–Kier alpha value is -0.820. The summed E-state index contributed by atoms with van der Waals surface area (Å²) >= 11 is 0. The molecule has 1 unspecified atom stereocenters. The maximum atomic E-state index is 11.6. The van der Waals surface area contributed by atoms with Crippen molar-refractivity contribution in [3.05, 3.63) is 0 Å². The summed E-state index contributed by atoms with van der Waals surface area (Å²) in [5, 5.41) is 13.4. The summed E-state index contributed by atoms with van der Waals surface area (Å²) in [5.41, 5.74) is 0. The molecular weight excluding hydrogens is 201 g/mol. The predicted molar refractivity (Wildman–Crippen MR) is 43.6 cm³/mol. The predicted octanol–water partition coefficient (Wildman–Crippen LogP) is -0.365. The third-order valence-corrected chi connectivity index (χ3v) is 1.29. The normalized spacial score (nSPS) is 13.8. The smallest absolute Gasteiger partial charge is 0.390 e. The largest absolute Gasteiger partial charge is 0.401 e. The van der Waals surface area contributed by atoms with Gasteiger partial charge in [0.2, 0.25) is 5.91 Å². The molecule has 0 saturated heterocycles. The molecule has 0 aliphatic heterocycles. The number of carbonyl (C=O) groups is 1. The van der Waals surface area contributed by atoms with Gasteiger partial charge in [-0.25, -0.2) is 0 Å². The molecule has 1 amide bonds. The van der Waals surface area contributed by atoms with Gasteiger partial charge in [0.05, 0.1) is 12.6 Å². The van der Waals surface area contributed by atoms with E-state index >= 15 is 0 Å². The van der Waals surface area contributed by atoms with E-state index in [0.717, 1.165) is 0 Å². The van der Waals surface area contributed by atoms with Crippen LogP contribution in [0.25, 0.3) is 0 Å². The van der Waals surface area contributed by atoms with Gasteiger partial charge in [-0.05, 0) is 0 Å². The van der Waals surface area contributed by atoms with E-state index in [0.29, 0.717) is 0 Å². The highest BCUT2D eigenvalue weighted by Gasteiger charge is 2.26. The Morgan fingerprint density at radius 2 is 2.00 bits per heavy atom. The van der Waals surface area contributed by atoms with Gasteiger partial charge in [-0.1, -0.05) is 0 Å². The van der Waals surface area contributed by atoms with Crippen LogP contribution in [0.5, 0.6) is 0 Å². The molecule has 0 radical (unpaired) electrons. The molecule has 0 fully saturated rings. The molecule has 0 spiro atoms. The first kappa shape index (κ1) is 13.2. The summed E-state index contributed by atoms with van der Waals surface area (Å²) in [5.74, 6) is -0.333. The van der Waals surface area contributed by atoms with E-state index in [1.54, 1.807) is 0 Å². The first-order valence-electron chi connectivity index (χ1n) is 4.01. The summed E-state index contributed by atoms with van der Waals surface area (Å²) in [7, 11) is 0. The number of hydrogen-bond donors (Lipinski definition) is 3. The van der Waals surface area contributed by atoms with Gasteiger partial charge in [0, 0.05) is 20.0 Å². The SMILES string of the molecule is CC(=O)NCC(O)CNCC(F)(F)F. The second kappa shape index (κ2) is 5.82. The molecule has 4 nitrogen and oxygen atoms in total. The number of alkyl halides is 3. The van der Waals surface area contributed by atoms with Crippen LogP contribution in [0.1, 0.15) is 6.92 Å². The van der Waals surface area contributed by atoms with Crippen molar-refractivity contribution < 1.29 is 23.1 Å². The molecule has 7 heteroatoms. The highest BCUT2D eigenvalue weighted by molar-refractivity contribution is 5.72. The zero-order chi connectivity index (χ0) is 11.2. The Balaban J connectivity index is 3.45. The van der Waals surface area contributed by atoms with Crippen LogP contribution in [0.15, 0.2) is 0 Å². The highest BCUT2D eigenvalue weighted by atomic mass is 19.4. The summed E-state index contributed by atoms with van der Waals surface area (Å²) in [6, 6.07) is 0. The zero-order valence-corrected chi connectivity index (χ0v) is 7.69. The molecule has 0 aromatic carbocycles. The molecule has 0 aliphatic carbocycles. The van der Waals surface area contributed by atoms with Gasteiger partial charge >= 0.3 is 6.18 Å². The van der Waals surface area contributed by atoms with Crippen molar-refractivity contribution in [2.24, 2.45) is 0 Å². The van der Waals surface area contributed by atoms with Gasteiger partial charge in [-0.3, -0.25) is 4.79 Å². The quantitative estimate of drug-likeness (QED) is 0.585. The molecule has 0 heterocycles. The number of aliphatic hydroxyl groups excluding tert-OH is 1. The monoisotopic (exact) mass is 214 g/mol. The Kier molecular flexibility index (Phi) is 5.47. The lowest BCUT2D eigenvalue weighted by molar-refractivity contribution is -0.126. The Labute approximate surface area is 79.5 Å². The fourth-order valence-corrected chi connectivity index (χ4v) is 0.714. The van der Waals surface area contributed by atoms with Gasteiger partial charge < -0.3 is 15.7 Å². The number of nitrogens with one attached hydrogen (secondary N) is 2. The van der Waals surface area contributed by atoms with Crippen molar-refractivity contribution in [1.29, 1.82) is 0 Å². The summed E-state index contributed by atoms with van der Waals surface area (Å²) in [6.07, 6.45) is -5.30. The number of aliphatic hydroxyl groups is 1. The molecule has 0 aromatic heterocycles. The minimum absolute atomic E-state index is 0.0554. The standard InChI is InChI=1S/C7H13F3N2O2/c1-5(13)12-3-6(14)2-11-4-7(8,9)10/h6,11,14H,2-4H2,1H3,(H,12,13). The first-order chi connectivity index (χ1) is 6.31. The number of carbonyl (C=O) groups excluding carboxylic acids is 1. The molecule has 84 valence electrons. The second-order valence-corrected chi connectivity index (χ2v) is 2.84. The van der Waals surface area contributed by atoms with Crippen LogP contribution in [0.2, 0.25) is 0 Å². The van der Waals surface area contributed by atoms with Crippen LogP contribution in [-0.4, -0.2) is 42.9 Å². The average molecular weight is 214 g/mol. The van der Waals surface area contributed by atoms with Crippen molar-refractivity contribution in [3.8, 4) is 0 Å². The minimum atomic E-state index is -4.28. The van der Waals surface area contributed by atoms with Gasteiger partial charge in [-0.15, -0.1) is 0 Å². The van der Waals surface area contributed by atoms with Gasteiger partial charge in [0.1, 0.15) is 0 Å². The van der Waals surface area contributed by atoms with Gasteiger partial charge in [-0.2, -0.15) is 13.2 Å². The molecule has 0 aliphatic rings. The van der Waals surface area contributed by atoms with Crippen LogP contribution in [-0.2, 0) is 4.79 Å². The summed E-state index contributed by atoms with van der Waals surface area (Å²) < 4.78 is 34.8. The van der Waals surface area contributed by atoms with Crippen molar-refractivity contribution in [1.82, 2.24) is 10.6 Å². The van der Waals surface area contributed by atoms with Crippen LogP contribution in [0.4, 0.5) is 13.2 Å². The summed E-state index contributed by atoms with van der Waals surface area (Å²) in [4.78, 5) is 10.4. The summed E-state index contributed by atoms with van der Waals surface area (Å²) in [6.45, 7) is -0.153. The van der Waals surface area contributed by atoms with Crippen molar-refractivity contribution in [3.63, 3.8) is 0 Å². The third kappa shape index (κ3) is 9.27. The number of rotatable bonds is 5. The van der Waals surface area contributed by atoms with E-state index in [1.807, 2.05) is 5.32 Å². The lowest BCUT2D eigenvalue weighted by Crippen LogP contribution is -2.40. The second-order valence-electron chi connectivity index (χ2n) is 2.84. The minimum Gasteiger partial charge on any atom is -0.390 e. The number of hydrogen-bond acceptors (Lipinski definition) is 3. The third-order valence-electron chi connectivity index (χ3n) is 1.29. The molecule has 1 atom stereocenters. The molecule has 0 bridgehead atoms. The van der Waals surface area contributed by atoms with Crippen molar-refractivity contribution >= 4 is 5.91 Å². The van der Waals surface area contributed by atoms with E-state index in [2.05, 4.69) is 5.32 Å².